The summed E-state index contributed by atoms with van der Waals surface area (Å²) in [5.74, 6) is -0.0550. The lowest BCUT2D eigenvalue weighted by atomic mass is 10.2. The SMILES string of the molecule is O=C(Nc1nccs1)C1CCCN1C(=O)CCc1ncc(-c2ccccc2F)o1. The molecule has 3 aromatic rings. The van der Waals surface area contributed by atoms with Gasteiger partial charge in [0.05, 0.1) is 11.8 Å². The van der Waals surface area contributed by atoms with Gasteiger partial charge in [-0.2, -0.15) is 0 Å². The van der Waals surface area contributed by atoms with Crippen molar-refractivity contribution in [2.45, 2.75) is 31.7 Å². The Balaban J connectivity index is 1.36. The Kier molecular flexibility index (Phi) is 5.66. The summed E-state index contributed by atoms with van der Waals surface area (Å²) in [5.41, 5.74) is 0.330. The zero-order chi connectivity index (χ0) is 20.2. The maximum Gasteiger partial charge on any atom is 0.248 e. The summed E-state index contributed by atoms with van der Waals surface area (Å²) >= 11 is 1.33. The number of aromatic nitrogens is 2. The molecule has 7 nitrogen and oxygen atoms in total. The molecule has 1 saturated heterocycles. The van der Waals surface area contributed by atoms with Crippen molar-refractivity contribution in [2.75, 3.05) is 11.9 Å². The highest BCUT2D eigenvalue weighted by Crippen LogP contribution is 2.25. The molecule has 0 aliphatic carbocycles. The molecule has 0 bridgehead atoms. The third kappa shape index (κ3) is 4.34. The van der Waals surface area contributed by atoms with E-state index in [1.54, 1.807) is 34.7 Å². The van der Waals surface area contributed by atoms with Gasteiger partial charge in [-0.15, -0.1) is 11.3 Å². The molecular formula is C20H19FN4O3S. The fraction of sp³-hybridized carbons (Fsp3) is 0.300. The predicted molar refractivity (Wildman–Crippen MR) is 106 cm³/mol. The van der Waals surface area contributed by atoms with Crippen molar-refractivity contribution in [3.8, 4) is 11.3 Å². The number of rotatable bonds is 6. The van der Waals surface area contributed by atoms with E-state index < -0.39 is 11.9 Å². The summed E-state index contributed by atoms with van der Waals surface area (Å²) in [6.45, 7) is 0.543. The van der Waals surface area contributed by atoms with E-state index in [1.165, 1.54) is 23.6 Å². The number of hydrogen-bond acceptors (Lipinski definition) is 6. The lowest BCUT2D eigenvalue weighted by Crippen LogP contribution is -2.43. The Hall–Kier alpha value is -3.07. The molecule has 0 radical (unpaired) electrons. The number of likely N-dealkylation sites (tertiary alicyclic amines) is 1. The number of oxazole rings is 1. The quantitative estimate of drug-likeness (QED) is 0.667. The average molecular weight is 414 g/mol. The van der Waals surface area contributed by atoms with Gasteiger partial charge in [-0.05, 0) is 25.0 Å². The highest BCUT2D eigenvalue weighted by atomic mass is 32.1. The van der Waals surface area contributed by atoms with Gasteiger partial charge in [-0.1, -0.05) is 12.1 Å². The largest absolute Gasteiger partial charge is 0.441 e. The second-order valence-corrected chi connectivity index (χ2v) is 7.56. The van der Waals surface area contributed by atoms with Gasteiger partial charge < -0.3 is 14.6 Å². The van der Waals surface area contributed by atoms with Crippen LogP contribution >= 0.6 is 11.3 Å². The van der Waals surface area contributed by atoms with Gasteiger partial charge in [0.1, 0.15) is 11.9 Å². The van der Waals surface area contributed by atoms with E-state index >= 15 is 0 Å². The molecule has 1 atom stereocenters. The highest BCUT2D eigenvalue weighted by Gasteiger charge is 2.34. The van der Waals surface area contributed by atoms with E-state index in [1.807, 2.05) is 0 Å². The molecule has 3 heterocycles. The number of anilines is 1. The monoisotopic (exact) mass is 414 g/mol. The molecule has 9 heteroatoms. The number of hydrogen-bond donors (Lipinski definition) is 1. The highest BCUT2D eigenvalue weighted by molar-refractivity contribution is 7.13. The van der Waals surface area contributed by atoms with Gasteiger partial charge in [0.2, 0.25) is 11.8 Å². The molecule has 0 saturated carbocycles. The summed E-state index contributed by atoms with van der Waals surface area (Å²) in [6.07, 6.45) is 4.92. The Bertz CT molecular complexity index is 1000. The lowest BCUT2D eigenvalue weighted by Gasteiger charge is -2.23. The van der Waals surface area contributed by atoms with E-state index in [9.17, 15) is 14.0 Å². The maximum absolute atomic E-state index is 13.9. The first kappa shape index (κ1) is 19.3. The van der Waals surface area contributed by atoms with Crippen molar-refractivity contribution >= 4 is 28.3 Å². The number of amides is 2. The number of benzene rings is 1. The molecule has 1 aliphatic rings. The first-order valence-corrected chi connectivity index (χ1v) is 10.2. The standard InChI is InChI=1S/C20H19FN4O3S/c21-14-5-2-1-4-13(14)16-12-23-17(28-16)7-8-18(26)25-10-3-6-15(25)19(27)24-20-22-9-11-29-20/h1-2,4-5,9,11-12,15H,3,6-8,10H2,(H,22,24,27). The molecule has 1 fully saturated rings. The number of nitrogens with zero attached hydrogens (tertiary/aromatic N) is 3. The van der Waals surface area contributed by atoms with Crippen molar-refractivity contribution < 1.29 is 18.4 Å². The zero-order valence-corrected chi connectivity index (χ0v) is 16.3. The van der Waals surface area contributed by atoms with Crippen LogP contribution in [0.4, 0.5) is 9.52 Å². The van der Waals surface area contributed by atoms with Crippen molar-refractivity contribution in [3.05, 3.63) is 53.7 Å². The van der Waals surface area contributed by atoms with Gasteiger partial charge in [0.15, 0.2) is 16.8 Å². The number of aryl methyl sites for hydroxylation is 1. The second-order valence-electron chi connectivity index (χ2n) is 6.67. The first-order valence-electron chi connectivity index (χ1n) is 9.31. The van der Waals surface area contributed by atoms with E-state index in [-0.39, 0.29) is 24.7 Å². The van der Waals surface area contributed by atoms with Crippen LogP contribution in [0, 0.1) is 5.82 Å². The van der Waals surface area contributed by atoms with Gasteiger partial charge >= 0.3 is 0 Å². The number of halogens is 1. The van der Waals surface area contributed by atoms with E-state index in [0.717, 1.165) is 6.42 Å². The molecule has 150 valence electrons. The van der Waals surface area contributed by atoms with Crippen molar-refractivity contribution in [1.29, 1.82) is 0 Å². The van der Waals surface area contributed by atoms with Crippen LogP contribution in [0.1, 0.15) is 25.2 Å². The van der Waals surface area contributed by atoms with Crippen LogP contribution in [0.15, 0.2) is 46.5 Å². The number of nitrogens with one attached hydrogen (secondary N) is 1. The Morgan fingerprint density at radius 1 is 1.31 bits per heavy atom. The number of thiazole rings is 1. The summed E-state index contributed by atoms with van der Waals surface area (Å²) in [5, 5.41) is 5.06. The lowest BCUT2D eigenvalue weighted by molar-refractivity contribution is -0.136. The molecular weight excluding hydrogens is 395 g/mol. The van der Waals surface area contributed by atoms with Crippen LogP contribution in [0.5, 0.6) is 0 Å². The summed E-state index contributed by atoms with van der Waals surface area (Å²) in [7, 11) is 0. The van der Waals surface area contributed by atoms with E-state index in [4.69, 9.17) is 4.42 Å². The van der Waals surface area contributed by atoms with Crippen LogP contribution in [-0.2, 0) is 16.0 Å². The molecule has 1 unspecified atom stereocenters. The molecule has 2 amide bonds. The first-order chi connectivity index (χ1) is 14.1. The van der Waals surface area contributed by atoms with Gasteiger partial charge in [0.25, 0.3) is 0 Å². The van der Waals surface area contributed by atoms with Crippen LogP contribution < -0.4 is 5.32 Å². The van der Waals surface area contributed by atoms with Gasteiger partial charge in [0, 0.05) is 31.0 Å². The Morgan fingerprint density at radius 2 is 2.17 bits per heavy atom. The Labute approximate surface area is 170 Å². The van der Waals surface area contributed by atoms with Crippen molar-refractivity contribution in [3.63, 3.8) is 0 Å². The Morgan fingerprint density at radius 3 is 2.97 bits per heavy atom. The molecule has 0 spiro atoms. The predicted octanol–water partition coefficient (Wildman–Crippen LogP) is 3.50. The minimum atomic E-state index is -0.495. The zero-order valence-electron chi connectivity index (χ0n) is 15.5. The van der Waals surface area contributed by atoms with Crippen LogP contribution in [-0.4, -0.2) is 39.3 Å². The van der Waals surface area contributed by atoms with Crippen LogP contribution in [0.3, 0.4) is 0 Å². The van der Waals surface area contributed by atoms with Crippen LogP contribution in [0.2, 0.25) is 0 Å². The van der Waals surface area contributed by atoms with Crippen molar-refractivity contribution in [2.24, 2.45) is 0 Å². The molecule has 4 rings (SSSR count). The molecule has 2 aromatic heterocycles. The molecule has 1 N–H and O–H groups in total. The fourth-order valence-electron chi connectivity index (χ4n) is 3.38. The minimum Gasteiger partial charge on any atom is -0.441 e. The fourth-order valence-corrected chi connectivity index (χ4v) is 3.91. The van der Waals surface area contributed by atoms with Gasteiger partial charge in [-0.3, -0.25) is 9.59 Å². The summed E-state index contributed by atoms with van der Waals surface area (Å²) in [6, 6.07) is 5.79. The number of carbonyl (C=O) groups excluding carboxylic acids is 2. The van der Waals surface area contributed by atoms with Crippen LogP contribution in [0.25, 0.3) is 11.3 Å². The normalized spacial score (nSPS) is 16.2. The number of carbonyl (C=O) groups is 2. The topological polar surface area (TPSA) is 88.3 Å². The van der Waals surface area contributed by atoms with E-state index in [2.05, 4.69) is 15.3 Å². The van der Waals surface area contributed by atoms with Crippen molar-refractivity contribution in [1.82, 2.24) is 14.9 Å². The minimum absolute atomic E-state index is 0.132. The molecule has 1 aliphatic heterocycles. The third-order valence-corrected chi connectivity index (χ3v) is 5.47. The molecule has 1 aromatic carbocycles. The third-order valence-electron chi connectivity index (χ3n) is 4.78. The molecule has 29 heavy (non-hydrogen) atoms. The van der Waals surface area contributed by atoms with E-state index in [0.29, 0.717) is 35.3 Å². The maximum atomic E-state index is 13.9. The van der Waals surface area contributed by atoms with Gasteiger partial charge in [-0.25, -0.2) is 14.4 Å². The smallest absolute Gasteiger partial charge is 0.248 e. The summed E-state index contributed by atoms with van der Waals surface area (Å²) < 4.78 is 19.5. The average Bonchev–Trinajstić information content (AvgIpc) is 3.47. The second kappa shape index (κ2) is 8.52. The summed E-state index contributed by atoms with van der Waals surface area (Å²) in [4.78, 5) is 34.9.